The summed E-state index contributed by atoms with van der Waals surface area (Å²) in [5.74, 6) is 0.00186. The average molecular weight is 829 g/mol. The van der Waals surface area contributed by atoms with E-state index in [1.54, 1.807) is 0 Å². The van der Waals surface area contributed by atoms with Crippen LogP contribution in [0.5, 0.6) is 0 Å². The molecule has 0 bridgehead atoms. The maximum Gasteiger partial charge on any atom is 0.198 e. The van der Waals surface area contributed by atoms with E-state index in [4.69, 9.17) is 0 Å². The molecule has 0 spiro atoms. The van der Waals surface area contributed by atoms with Gasteiger partial charge in [-0.05, 0) is 122 Å². The monoisotopic (exact) mass is 828 g/mol. The van der Waals surface area contributed by atoms with Crippen molar-refractivity contribution in [1.29, 1.82) is 0 Å². The molecule has 1 N–H and O–H groups in total. The molecule has 0 atom stereocenters. The molecular weight excluding hydrogens is 771 g/mol. The molecule has 2 heterocycles. The summed E-state index contributed by atoms with van der Waals surface area (Å²) in [6.07, 6.45) is 4.87. The van der Waals surface area contributed by atoms with Crippen LogP contribution in [0.3, 0.4) is 0 Å². The molecule has 9 aromatic rings. The van der Waals surface area contributed by atoms with E-state index in [1.807, 2.05) is 0 Å². The molecule has 1 aliphatic heterocycles. The van der Waals surface area contributed by atoms with Crippen molar-refractivity contribution >= 4 is 51.4 Å². The Morgan fingerprint density at radius 1 is 0.625 bits per heavy atom. The van der Waals surface area contributed by atoms with Crippen molar-refractivity contribution < 1.29 is 0 Å². The van der Waals surface area contributed by atoms with Crippen LogP contribution in [0.4, 0.5) is 11.4 Å². The fourth-order valence-electron chi connectivity index (χ4n) is 11.2. The van der Waals surface area contributed by atoms with Gasteiger partial charge in [-0.1, -0.05) is 187 Å². The number of nitrogens with one attached hydrogen (secondary N) is 1. The van der Waals surface area contributed by atoms with Crippen molar-refractivity contribution in [3.63, 3.8) is 0 Å². The van der Waals surface area contributed by atoms with Gasteiger partial charge in [-0.3, -0.25) is 0 Å². The van der Waals surface area contributed by atoms with Gasteiger partial charge in [-0.25, -0.2) is 0 Å². The van der Waals surface area contributed by atoms with Crippen LogP contribution >= 0.6 is 0 Å². The Labute approximate surface area is 380 Å². The SMILES string of the molecule is CCCCCc1ccc(Nc2ccccc2-c2cc(C(c3ccccc3)c3ccccc3)c3c4cc(C(C)(C)C)ccc4n4c3c2Bc2cc3c(cc2-4)-c2ccccc2C3(C)C)cc1. The Hall–Kier alpha value is -6.58. The second-order valence-electron chi connectivity index (χ2n) is 20.0. The summed E-state index contributed by atoms with van der Waals surface area (Å²) in [5.41, 5.74) is 23.5. The highest BCUT2D eigenvalue weighted by molar-refractivity contribution is 6.73. The molecule has 2 nitrogen and oxygen atoms in total. The number of aryl methyl sites for hydroxylation is 1. The summed E-state index contributed by atoms with van der Waals surface area (Å²) in [6, 6.07) is 64.6. The van der Waals surface area contributed by atoms with E-state index in [-0.39, 0.29) is 16.7 Å². The minimum atomic E-state index is -0.0930. The molecule has 3 heteroatoms. The molecule has 0 saturated carbocycles. The van der Waals surface area contributed by atoms with Crippen molar-refractivity contribution in [1.82, 2.24) is 4.57 Å². The van der Waals surface area contributed by atoms with Gasteiger partial charge in [0.15, 0.2) is 7.28 Å². The normalized spacial score (nSPS) is 13.5. The van der Waals surface area contributed by atoms with E-state index >= 15 is 0 Å². The van der Waals surface area contributed by atoms with Crippen LogP contribution in [0.1, 0.15) is 106 Å². The molecule has 2 aliphatic rings. The first-order valence-electron chi connectivity index (χ1n) is 23.6. The van der Waals surface area contributed by atoms with Gasteiger partial charge >= 0.3 is 0 Å². The van der Waals surface area contributed by atoms with Crippen LogP contribution in [0, 0.1) is 0 Å². The van der Waals surface area contributed by atoms with E-state index in [9.17, 15) is 0 Å². The van der Waals surface area contributed by atoms with Gasteiger partial charge < -0.3 is 9.88 Å². The lowest BCUT2D eigenvalue weighted by Crippen LogP contribution is -2.38. The van der Waals surface area contributed by atoms with Gasteiger partial charge in [0.1, 0.15) is 0 Å². The van der Waals surface area contributed by atoms with Gasteiger partial charge in [-0.2, -0.15) is 0 Å². The molecule has 1 aliphatic carbocycles. The van der Waals surface area contributed by atoms with Crippen LogP contribution in [0.2, 0.25) is 0 Å². The van der Waals surface area contributed by atoms with Gasteiger partial charge in [0.05, 0.1) is 5.52 Å². The summed E-state index contributed by atoms with van der Waals surface area (Å²) < 4.78 is 2.66. The van der Waals surface area contributed by atoms with E-state index in [0.717, 1.165) is 25.1 Å². The Bertz CT molecular complexity index is 3180. The molecule has 11 rings (SSSR count). The number of anilines is 2. The van der Waals surface area contributed by atoms with Gasteiger partial charge in [0.2, 0.25) is 0 Å². The average Bonchev–Trinajstić information content (AvgIpc) is 3.77. The highest BCUT2D eigenvalue weighted by Crippen LogP contribution is 2.51. The Morgan fingerprint density at radius 3 is 2.00 bits per heavy atom. The Kier molecular flexibility index (Phi) is 9.80. The van der Waals surface area contributed by atoms with Gasteiger partial charge in [-0.15, -0.1) is 0 Å². The van der Waals surface area contributed by atoms with E-state index < -0.39 is 0 Å². The standard InChI is InChI=1S/C61H57BN2/c1-7-8-11-20-39-29-32-43(33-30-39)63-53-28-19-17-26-45(53)47-36-49(56(40-21-12-9-13-22-40)41-23-14-10-15-24-41)57-48-35-42(60(2,3)4)31-34-54(48)64-55-37-46-44-25-16-18-27-50(44)61(5,6)51(46)38-52(55)62-58(47)59(57)64/h9-10,12-19,21-38,56,62-63H,7-8,11,20H2,1-6H3. The third-order valence-corrected chi connectivity index (χ3v) is 14.5. The lowest BCUT2D eigenvalue weighted by atomic mass is 9.57. The largest absolute Gasteiger partial charge is 0.355 e. The summed E-state index contributed by atoms with van der Waals surface area (Å²) in [6.45, 7) is 14.1. The predicted molar refractivity (Wildman–Crippen MR) is 276 cm³/mol. The molecule has 1 aromatic heterocycles. The third-order valence-electron chi connectivity index (χ3n) is 14.5. The minimum Gasteiger partial charge on any atom is -0.355 e. The molecular formula is C61H57BN2. The van der Waals surface area contributed by atoms with Crippen molar-refractivity contribution in [2.45, 2.75) is 84.0 Å². The molecule has 0 radical (unpaired) electrons. The first-order chi connectivity index (χ1) is 31.1. The number of nitrogens with zero attached hydrogens (tertiary/aromatic N) is 1. The number of para-hydroxylation sites is 1. The number of hydrogen-bond acceptors (Lipinski definition) is 1. The highest BCUT2D eigenvalue weighted by atomic mass is 15.0. The highest BCUT2D eigenvalue weighted by Gasteiger charge is 2.38. The second-order valence-corrected chi connectivity index (χ2v) is 20.0. The Balaban J connectivity index is 1.23. The fourth-order valence-corrected chi connectivity index (χ4v) is 11.2. The zero-order chi connectivity index (χ0) is 43.7. The van der Waals surface area contributed by atoms with Crippen LogP contribution in [-0.2, 0) is 17.3 Å². The van der Waals surface area contributed by atoms with Gasteiger partial charge in [0, 0.05) is 50.2 Å². The first-order valence-corrected chi connectivity index (χ1v) is 23.6. The lowest BCUT2D eigenvalue weighted by Gasteiger charge is -2.29. The minimum absolute atomic E-state index is 0.00186. The molecule has 0 saturated heterocycles. The molecule has 64 heavy (non-hydrogen) atoms. The predicted octanol–water partition coefficient (Wildman–Crippen LogP) is 14.4. The zero-order valence-corrected chi connectivity index (χ0v) is 38.2. The van der Waals surface area contributed by atoms with Gasteiger partial charge in [0.25, 0.3) is 0 Å². The van der Waals surface area contributed by atoms with Crippen LogP contribution in [0.15, 0.2) is 170 Å². The number of unbranched alkanes of at least 4 members (excludes halogenated alkanes) is 2. The number of benzene rings is 8. The molecule has 8 aromatic carbocycles. The van der Waals surface area contributed by atoms with E-state index in [0.29, 0.717) is 0 Å². The second kappa shape index (κ2) is 15.6. The maximum absolute atomic E-state index is 3.93. The number of hydrogen-bond donors (Lipinski definition) is 1. The fraction of sp³-hybridized carbons (Fsp3) is 0.213. The van der Waals surface area contributed by atoms with E-state index in [2.05, 4.69) is 221 Å². The van der Waals surface area contributed by atoms with Crippen LogP contribution in [0.25, 0.3) is 49.7 Å². The van der Waals surface area contributed by atoms with Crippen molar-refractivity contribution in [2.24, 2.45) is 0 Å². The summed E-state index contributed by atoms with van der Waals surface area (Å²) in [5, 5.41) is 6.60. The zero-order valence-electron chi connectivity index (χ0n) is 38.2. The number of aromatic nitrogens is 1. The maximum atomic E-state index is 3.93. The van der Waals surface area contributed by atoms with Crippen LogP contribution in [-0.4, -0.2) is 11.8 Å². The van der Waals surface area contributed by atoms with Crippen molar-refractivity contribution in [2.75, 3.05) is 5.32 Å². The number of rotatable bonds is 10. The number of fused-ring (bicyclic) bond motifs is 8. The molecule has 0 unspecified atom stereocenters. The molecule has 0 amide bonds. The van der Waals surface area contributed by atoms with E-state index in [1.165, 1.54) is 119 Å². The lowest BCUT2D eigenvalue weighted by molar-refractivity contribution is 0.591. The smallest absolute Gasteiger partial charge is 0.198 e. The topological polar surface area (TPSA) is 17.0 Å². The summed E-state index contributed by atoms with van der Waals surface area (Å²) in [4.78, 5) is 0. The van der Waals surface area contributed by atoms with Crippen molar-refractivity contribution in [3.8, 4) is 27.9 Å². The van der Waals surface area contributed by atoms with Crippen molar-refractivity contribution in [3.05, 3.63) is 209 Å². The first kappa shape index (κ1) is 40.2. The molecule has 0 fully saturated rings. The summed E-state index contributed by atoms with van der Waals surface area (Å²) >= 11 is 0. The Morgan fingerprint density at radius 2 is 1.30 bits per heavy atom. The molecule has 314 valence electrons. The summed E-state index contributed by atoms with van der Waals surface area (Å²) in [7, 11) is 0.839. The third kappa shape index (κ3) is 6.62. The quantitative estimate of drug-likeness (QED) is 0.0825. The van der Waals surface area contributed by atoms with Crippen LogP contribution < -0.4 is 16.2 Å².